The van der Waals surface area contributed by atoms with E-state index in [0.29, 0.717) is 11.3 Å². The third-order valence-electron chi connectivity index (χ3n) is 9.32. The standard InChI is InChI=1S/C32H48N4/c1-5-35-24-34(21-25(2)11-12-27-9-6-7-10-30(27)20-33-4)18-15-28-13-14-29(19-31(28)35)26(3)36-22-32(23-36)16-8-17-32/h7,10,13-14,19,25,33H,3,5-6,8-9,11-12,15-18,20-24H2,1-2,4H3. The third kappa shape index (κ3) is 5.45. The van der Waals surface area contributed by atoms with E-state index in [0.717, 1.165) is 32.7 Å². The van der Waals surface area contributed by atoms with Gasteiger partial charge in [-0.25, -0.2) is 0 Å². The molecule has 2 fully saturated rings. The molecule has 1 atom stereocenters. The predicted octanol–water partition coefficient (Wildman–Crippen LogP) is 6.07. The summed E-state index contributed by atoms with van der Waals surface area (Å²) in [6.45, 7) is 17.1. The molecule has 1 saturated heterocycles. The summed E-state index contributed by atoms with van der Waals surface area (Å²) in [4.78, 5) is 7.80. The van der Waals surface area contributed by atoms with Gasteiger partial charge in [0.25, 0.3) is 0 Å². The van der Waals surface area contributed by atoms with Crippen molar-refractivity contribution in [1.82, 2.24) is 15.1 Å². The van der Waals surface area contributed by atoms with Crippen molar-refractivity contribution in [2.75, 3.05) is 57.9 Å². The van der Waals surface area contributed by atoms with Crippen molar-refractivity contribution in [2.24, 2.45) is 11.3 Å². The lowest BCUT2D eigenvalue weighted by Gasteiger charge is -2.57. The number of benzene rings is 1. The van der Waals surface area contributed by atoms with Crippen molar-refractivity contribution in [3.05, 3.63) is 59.2 Å². The van der Waals surface area contributed by atoms with Gasteiger partial charge in [0, 0.05) is 56.1 Å². The predicted molar refractivity (Wildman–Crippen MR) is 154 cm³/mol. The Morgan fingerprint density at radius 2 is 2.03 bits per heavy atom. The summed E-state index contributed by atoms with van der Waals surface area (Å²) in [5.41, 5.74) is 9.31. The first-order valence-corrected chi connectivity index (χ1v) is 14.6. The van der Waals surface area contributed by atoms with Crippen molar-refractivity contribution >= 4 is 11.4 Å². The highest BCUT2D eigenvalue weighted by Gasteiger charge is 2.47. The number of hydrogen-bond acceptors (Lipinski definition) is 4. The second-order valence-corrected chi connectivity index (χ2v) is 12.1. The summed E-state index contributed by atoms with van der Waals surface area (Å²) in [5.74, 6) is 0.708. The van der Waals surface area contributed by atoms with E-state index in [2.05, 4.69) is 77.8 Å². The highest BCUT2D eigenvalue weighted by atomic mass is 15.3. The molecule has 2 aliphatic heterocycles. The fourth-order valence-corrected chi connectivity index (χ4v) is 6.84. The molecule has 2 heterocycles. The molecule has 0 aromatic heterocycles. The molecule has 1 unspecified atom stereocenters. The number of rotatable bonds is 10. The van der Waals surface area contributed by atoms with Crippen molar-refractivity contribution in [3.8, 4) is 0 Å². The molecule has 36 heavy (non-hydrogen) atoms. The first-order chi connectivity index (χ1) is 17.5. The maximum atomic E-state index is 4.51. The van der Waals surface area contributed by atoms with Gasteiger partial charge in [-0.05, 0) is 87.6 Å². The van der Waals surface area contributed by atoms with Gasteiger partial charge in [-0.2, -0.15) is 0 Å². The molecule has 5 rings (SSSR count). The average molecular weight is 489 g/mol. The van der Waals surface area contributed by atoms with Crippen LogP contribution in [0.2, 0.25) is 0 Å². The first kappa shape index (κ1) is 25.6. The van der Waals surface area contributed by atoms with Crippen molar-refractivity contribution in [2.45, 2.75) is 65.2 Å². The Morgan fingerprint density at radius 3 is 2.75 bits per heavy atom. The molecule has 1 N–H and O–H groups in total. The minimum Gasteiger partial charge on any atom is -0.370 e. The Balaban J connectivity index is 1.18. The van der Waals surface area contributed by atoms with Crippen LogP contribution in [0, 0.1) is 11.3 Å². The van der Waals surface area contributed by atoms with Crippen LogP contribution in [0.5, 0.6) is 0 Å². The van der Waals surface area contributed by atoms with Crippen LogP contribution >= 0.6 is 0 Å². The van der Waals surface area contributed by atoms with Crippen molar-refractivity contribution in [1.29, 1.82) is 0 Å². The van der Waals surface area contributed by atoms with Gasteiger partial charge in [-0.1, -0.05) is 49.8 Å². The second-order valence-electron chi connectivity index (χ2n) is 12.1. The zero-order chi connectivity index (χ0) is 25.1. The second kappa shape index (κ2) is 11.1. The third-order valence-corrected chi connectivity index (χ3v) is 9.32. The van der Waals surface area contributed by atoms with E-state index in [-0.39, 0.29) is 0 Å². The highest BCUT2D eigenvalue weighted by Crippen LogP contribution is 2.50. The number of hydrogen-bond donors (Lipinski definition) is 1. The maximum absolute atomic E-state index is 4.51. The van der Waals surface area contributed by atoms with Crippen LogP contribution in [0.4, 0.5) is 5.69 Å². The number of fused-ring (bicyclic) bond motifs is 1. The van der Waals surface area contributed by atoms with Gasteiger partial charge in [0.15, 0.2) is 0 Å². The van der Waals surface area contributed by atoms with Crippen LogP contribution in [-0.4, -0.2) is 62.8 Å². The Labute approximate surface area is 220 Å². The van der Waals surface area contributed by atoms with E-state index in [4.69, 9.17) is 0 Å². The number of nitrogens with zero attached hydrogens (tertiary/aromatic N) is 3. The van der Waals surface area contributed by atoms with Crippen molar-refractivity contribution in [3.63, 3.8) is 0 Å². The zero-order valence-corrected chi connectivity index (χ0v) is 23.1. The van der Waals surface area contributed by atoms with E-state index in [1.165, 1.54) is 92.7 Å². The summed E-state index contributed by atoms with van der Waals surface area (Å²) in [6, 6.07) is 7.15. The van der Waals surface area contributed by atoms with Gasteiger partial charge in [0.1, 0.15) is 0 Å². The van der Waals surface area contributed by atoms with Crippen LogP contribution in [0.3, 0.4) is 0 Å². The Hall–Kier alpha value is -2.04. The van der Waals surface area contributed by atoms with Gasteiger partial charge in [-0.3, -0.25) is 4.90 Å². The maximum Gasteiger partial charge on any atom is 0.0707 e. The Bertz CT molecular complexity index is 993. The minimum atomic E-state index is 0.639. The summed E-state index contributed by atoms with van der Waals surface area (Å²) < 4.78 is 0. The summed E-state index contributed by atoms with van der Waals surface area (Å²) in [7, 11) is 2.06. The molecule has 196 valence electrons. The first-order valence-electron chi connectivity index (χ1n) is 14.6. The van der Waals surface area contributed by atoms with Gasteiger partial charge in [0.2, 0.25) is 0 Å². The zero-order valence-electron chi connectivity index (χ0n) is 23.1. The molecular formula is C32H48N4. The Morgan fingerprint density at radius 1 is 1.19 bits per heavy atom. The molecule has 4 nitrogen and oxygen atoms in total. The molecule has 4 heteroatoms. The lowest BCUT2D eigenvalue weighted by atomic mass is 9.63. The quantitative estimate of drug-likeness (QED) is 0.432. The van der Waals surface area contributed by atoms with Crippen LogP contribution in [0.15, 0.2) is 48.1 Å². The molecular weight excluding hydrogens is 440 g/mol. The molecule has 0 radical (unpaired) electrons. The SMILES string of the molecule is C=C(c1ccc2c(c1)N(CC)CN(CC(C)CCC1=C(CNC)C=CCC1)CC2)N1CC2(CCC2)C1. The monoisotopic (exact) mass is 488 g/mol. The normalized spacial score (nSPS) is 22.2. The summed E-state index contributed by atoms with van der Waals surface area (Å²) in [6.07, 6.45) is 15.1. The molecule has 1 spiro atoms. The van der Waals surface area contributed by atoms with E-state index in [1.807, 2.05) is 0 Å². The molecule has 1 aromatic carbocycles. The molecule has 1 aromatic rings. The number of nitrogens with one attached hydrogen (secondary N) is 1. The van der Waals surface area contributed by atoms with E-state index in [1.54, 1.807) is 5.57 Å². The number of allylic oxidation sites excluding steroid dienone is 2. The number of anilines is 1. The molecule has 0 bridgehead atoms. The van der Waals surface area contributed by atoms with Gasteiger partial charge >= 0.3 is 0 Å². The summed E-state index contributed by atoms with van der Waals surface area (Å²) >= 11 is 0. The molecule has 2 aliphatic carbocycles. The number of likely N-dealkylation sites (tertiary alicyclic amines) is 1. The van der Waals surface area contributed by atoms with Crippen molar-refractivity contribution < 1.29 is 0 Å². The molecule has 0 amide bonds. The van der Waals surface area contributed by atoms with E-state index < -0.39 is 0 Å². The highest BCUT2D eigenvalue weighted by molar-refractivity contribution is 5.69. The topological polar surface area (TPSA) is 21.8 Å². The van der Waals surface area contributed by atoms with E-state index in [9.17, 15) is 0 Å². The van der Waals surface area contributed by atoms with Crippen LogP contribution < -0.4 is 10.2 Å². The largest absolute Gasteiger partial charge is 0.370 e. The fraction of sp³-hybridized carbons (Fsp3) is 0.625. The summed E-state index contributed by atoms with van der Waals surface area (Å²) in [5, 5.41) is 3.35. The van der Waals surface area contributed by atoms with Crippen LogP contribution in [0.1, 0.15) is 69.9 Å². The average Bonchev–Trinajstić information content (AvgIpc) is 3.00. The van der Waals surface area contributed by atoms with Gasteiger partial charge in [0.05, 0.1) is 6.67 Å². The van der Waals surface area contributed by atoms with Gasteiger partial charge in [-0.15, -0.1) is 0 Å². The minimum absolute atomic E-state index is 0.639. The van der Waals surface area contributed by atoms with E-state index >= 15 is 0 Å². The number of likely N-dealkylation sites (N-methyl/N-ethyl adjacent to an activating group) is 1. The fourth-order valence-electron chi connectivity index (χ4n) is 6.84. The smallest absolute Gasteiger partial charge is 0.0707 e. The lowest BCUT2D eigenvalue weighted by Crippen LogP contribution is -2.58. The molecule has 4 aliphatic rings. The Kier molecular flexibility index (Phi) is 7.93. The van der Waals surface area contributed by atoms with Crippen LogP contribution in [0.25, 0.3) is 5.70 Å². The van der Waals surface area contributed by atoms with Gasteiger partial charge < -0.3 is 15.1 Å². The van der Waals surface area contributed by atoms with Crippen LogP contribution in [-0.2, 0) is 6.42 Å². The lowest BCUT2D eigenvalue weighted by molar-refractivity contribution is -0.0232. The molecule has 1 saturated carbocycles.